The van der Waals surface area contributed by atoms with E-state index in [-0.39, 0.29) is 11.8 Å². The van der Waals surface area contributed by atoms with E-state index in [1.807, 2.05) is 6.08 Å². The first kappa shape index (κ1) is 11.7. The minimum Gasteiger partial charge on any atom is -0.495 e. The smallest absolute Gasteiger partial charge is 0.194 e. The quantitative estimate of drug-likeness (QED) is 0.498. The Balaban J connectivity index is 2.27. The Hall–Kier alpha value is -1.38. The molecule has 0 unspecified atom stereocenters. The van der Waals surface area contributed by atoms with Crippen molar-refractivity contribution in [1.29, 1.82) is 0 Å². The van der Waals surface area contributed by atoms with Crippen LogP contribution in [0.4, 0.5) is 0 Å². The van der Waals surface area contributed by atoms with Crippen molar-refractivity contribution in [3.05, 3.63) is 23.8 Å². The normalized spacial score (nSPS) is 11.3. The summed E-state index contributed by atoms with van der Waals surface area (Å²) in [5, 5.41) is 18.4. The third-order valence-corrected chi connectivity index (χ3v) is 2.34. The molecule has 0 aromatic carbocycles. The molecular formula is C12H19NO2. The van der Waals surface area contributed by atoms with E-state index in [2.05, 4.69) is 18.0 Å². The highest BCUT2D eigenvalue weighted by atomic mass is 16.3. The third-order valence-electron chi connectivity index (χ3n) is 2.34. The molecule has 15 heavy (non-hydrogen) atoms. The maximum Gasteiger partial charge on any atom is 0.194 e. The van der Waals surface area contributed by atoms with Gasteiger partial charge in [0, 0.05) is 11.6 Å². The van der Waals surface area contributed by atoms with Gasteiger partial charge < -0.3 is 10.2 Å². The average molecular weight is 209 g/mol. The molecule has 0 spiro atoms. The van der Waals surface area contributed by atoms with Crippen molar-refractivity contribution in [2.24, 2.45) is 0 Å². The number of aromatic amines is 1. The number of nitrogens with one attached hydrogen (secondary N) is 1. The second-order valence-electron chi connectivity index (χ2n) is 3.70. The summed E-state index contributed by atoms with van der Waals surface area (Å²) in [7, 11) is 0. The highest BCUT2D eigenvalue weighted by Crippen LogP contribution is 2.21. The lowest BCUT2D eigenvalue weighted by molar-refractivity contribution is 0.423. The molecule has 0 saturated heterocycles. The van der Waals surface area contributed by atoms with Crippen LogP contribution in [-0.4, -0.2) is 15.2 Å². The van der Waals surface area contributed by atoms with Crippen molar-refractivity contribution >= 4 is 0 Å². The van der Waals surface area contributed by atoms with E-state index < -0.39 is 0 Å². The first-order valence-electron chi connectivity index (χ1n) is 5.49. The van der Waals surface area contributed by atoms with Gasteiger partial charge in [0.05, 0.1) is 0 Å². The molecular weight excluding hydrogens is 190 g/mol. The molecule has 84 valence electrons. The highest BCUT2D eigenvalue weighted by Gasteiger charge is 2.03. The molecule has 1 aromatic heterocycles. The van der Waals surface area contributed by atoms with Crippen LogP contribution in [0.1, 0.15) is 38.2 Å². The monoisotopic (exact) mass is 209 g/mol. The molecule has 3 N–H and O–H groups in total. The number of H-pyrrole nitrogens is 1. The van der Waals surface area contributed by atoms with Crippen LogP contribution in [0, 0.1) is 0 Å². The molecule has 1 rings (SSSR count). The molecule has 0 radical (unpaired) electrons. The molecule has 0 aliphatic carbocycles. The van der Waals surface area contributed by atoms with Crippen LogP contribution in [0.25, 0.3) is 0 Å². The van der Waals surface area contributed by atoms with Gasteiger partial charge in [0.1, 0.15) is 0 Å². The van der Waals surface area contributed by atoms with E-state index in [0.29, 0.717) is 6.42 Å². The van der Waals surface area contributed by atoms with Crippen molar-refractivity contribution in [1.82, 2.24) is 4.98 Å². The standard InChI is InChI=1S/C12H19NO2/c1-2-3-4-5-6-7-8-10-9-11(14)13-12(10)15/h6-7,9,13-15H,2-5,8H2,1H3. The van der Waals surface area contributed by atoms with Crippen LogP contribution < -0.4 is 0 Å². The Kier molecular flexibility index (Phi) is 4.81. The van der Waals surface area contributed by atoms with Crippen molar-refractivity contribution in [3.63, 3.8) is 0 Å². The summed E-state index contributed by atoms with van der Waals surface area (Å²) in [5.41, 5.74) is 0.735. The Morgan fingerprint density at radius 1 is 1.27 bits per heavy atom. The van der Waals surface area contributed by atoms with Gasteiger partial charge >= 0.3 is 0 Å². The molecule has 0 fully saturated rings. The van der Waals surface area contributed by atoms with Crippen LogP contribution in [0.5, 0.6) is 11.8 Å². The van der Waals surface area contributed by atoms with Crippen LogP contribution in [0.2, 0.25) is 0 Å². The summed E-state index contributed by atoms with van der Waals surface area (Å²) in [6.07, 6.45) is 9.62. The number of allylic oxidation sites excluding steroid dienone is 2. The summed E-state index contributed by atoms with van der Waals surface area (Å²) < 4.78 is 0. The van der Waals surface area contributed by atoms with E-state index in [9.17, 15) is 5.11 Å². The van der Waals surface area contributed by atoms with E-state index in [1.165, 1.54) is 19.3 Å². The first-order valence-corrected chi connectivity index (χ1v) is 5.49. The fourth-order valence-electron chi connectivity index (χ4n) is 1.47. The zero-order valence-electron chi connectivity index (χ0n) is 9.16. The minimum atomic E-state index is 0.0156. The van der Waals surface area contributed by atoms with Crippen LogP contribution >= 0.6 is 0 Å². The zero-order valence-corrected chi connectivity index (χ0v) is 9.16. The SMILES string of the molecule is CCCCCC=CCc1cc(O)[nH]c1O. The predicted octanol–water partition coefficient (Wildman–Crippen LogP) is 3.10. The molecule has 0 saturated carbocycles. The van der Waals surface area contributed by atoms with Gasteiger partial charge in [-0.2, -0.15) is 0 Å². The zero-order chi connectivity index (χ0) is 11.1. The van der Waals surface area contributed by atoms with Crippen molar-refractivity contribution < 1.29 is 10.2 Å². The van der Waals surface area contributed by atoms with Gasteiger partial charge in [0.25, 0.3) is 0 Å². The van der Waals surface area contributed by atoms with Crippen LogP contribution in [0.15, 0.2) is 18.2 Å². The van der Waals surface area contributed by atoms with E-state index in [0.717, 1.165) is 12.0 Å². The number of hydrogen-bond donors (Lipinski definition) is 3. The van der Waals surface area contributed by atoms with Crippen molar-refractivity contribution in [2.75, 3.05) is 0 Å². The maximum atomic E-state index is 9.32. The Morgan fingerprint density at radius 3 is 2.67 bits per heavy atom. The minimum absolute atomic E-state index is 0.0156. The number of hydrogen-bond acceptors (Lipinski definition) is 2. The second kappa shape index (κ2) is 6.17. The fraction of sp³-hybridized carbons (Fsp3) is 0.500. The molecule has 3 heteroatoms. The number of unbranched alkanes of at least 4 members (excludes halogenated alkanes) is 3. The molecule has 1 heterocycles. The second-order valence-corrected chi connectivity index (χ2v) is 3.70. The highest BCUT2D eigenvalue weighted by molar-refractivity contribution is 5.34. The van der Waals surface area contributed by atoms with Gasteiger partial charge in [0.15, 0.2) is 11.8 Å². The number of rotatable bonds is 6. The average Bonchev–Trinajstić information content (AvgIpc) is 2.51. The van der Waals surface area contributed by atoms with Gasteiger partial charge in [-0.05, 0) is 19.3 Å². The molecule has 0 aliphatic heterocycles. The van der Waals surface area contributed by atoms with Crippen molar-refractivity contribution in [3.8, 4) is 11.8 Å². The first-order chi connectivity index (χ1) is 7.24. The number of aromatic hydroxyl groups is 2. The number of aromatic nitrogens is 1. The summed E-state index contributed by atoms with van der Waals surface area (Å²) in [5.74, 6) is 0.0765. The Bertz CT molecular complexity index is 315. The van der Waals surface area contributed by atoms with Crippen LogP contribution in [0.3, 0.4) is 0 Å². The molecule has 0 aliphatic rings. The maximum absolute atomic E-state index is 9.32. The van der Waals surface area contributed by atoms with Gasteiger partial charge in [0.2, 0.25) is 0 Å². The summed E-state index contributed by atoms with van der Waals surface area (Å²) in [6, 6.07) is 1.55. The molecule has 1 aromatic rings. The van der Waals surface area contributed by atoms with E-state index in [1.54, 1.807) is 6.07 Å². The molecule has 0 atom stereocenters. The Labute approximate surface area is 90.5 Å². The summed E-state index contributed by atoms with van der Waals surface area (Å²) in [6.45, 7) is 2.18. The lowest BCUT2D eigenvalue weighted by Gasteiger charge is -1.93. The lowest BCUT2D eigenvalue weighted by Crippen LogP contribution is -1.77. The third kappa shape index (κ3) is 4.11. The summed E-state index contributed by atoms with van der Waals surface area (Å²) >= 11 is 0. The molecule has 0 bridgehead atoms. The van der Waals surface area contributed by atoms with Gasteiger partial charge in [-0.1, -0.05) is 31.9 Å². The fourth-order valence-corrected chi connectivity index (χ4v) is 1.47. The summed E-state index contributed by atoms with van der Waals surface area (Å²) in [4.78, 5) is 2.45. The van der Waals surface area contributed by atoms with Crippen molar-refractivity contribution in [2.45, 2.75) is 39.0 Å². The van der Waals surface area contributed by atoms with Gasteiger partial charge in [-0.15, -0.1) is 0 Å². The van der Waals surface area contributed by atoms with Gasteiger partial charge in [-0.3, -0.25) is 4.98 Å². The molecule has 3 nitrogen and oxygen atoms in total. The topological polar surface area (TPSA) is 56.2 Å². The Morgan fingerprint density at radius 2 is 2.07 bits per heavy atom. The van der Waals surface area contributed by atoms with E-state index >= 15 is 0 Å². The lowest BCUT2D eigenvalue weighted by atomic mass is 10.1. The predicted molar refractivity (Wildman–Crippen MR) is 61.1 cm³/mol. The van der Waals surface area contributed by atoms with E-state index in [4.69, 9.17) is 5.11 Å². The van der Waals surface area contributed by atoms with Crippen LogP contribution in [-0.2, 0) is 6.42 Å². The molecule has 0 amide bonds. The largest absolute Gasteiger partial charge is 0.495 e. The van der Waals surface area contributed by atoms with Gasteiger partial charge in [-0.25, -0.2) is 0 Å².